The average molecular weight is 128 g/mol. The van der Waals surface area contributed by atoms with Crippen LogP contribution in [0, 0.1) is 5.92 Å². The first-order valence-corrected chi connectivity index (χ1v) is 3.18. The van der Waals surface area contributed by atoms with Gasteiger partial charge in [-0.05, 0) is 12.5 Å². The average Bonchev–Trinajstić information content (AvgIpc) is 2.13. The minimum atomic E-state index is 0.227. The highest BCUT2D eigenvalue weighted by molar-refractivity contribution is 5.78. The number of carbonyl (C=O) groups is 1. The molecule has 3 nitrogen and oxygen atoms in total. The van der Waals surface area contributed by atoms with Crippen molar-refractivity contribution in [3.63, 3.8) is 0 Å². The molecule has 0 aromatic heterocycles. The molecule has 0 aromatic carbocycles. The Labute approximate surface area is 54.8 Å². The van der Waals surface area contributed by atoms with Crippen molar-refractivity contribution >= 4 is 5.91 Å². The van der Waals surface area contributed by atoms with E-state index in [2.05, 4.69) is 0 Å². The van der Waals surface area contributed by atoms with Crippen molar-refractivity contribution in [3.05, 3.63) is 0 Å². The highest BCUT2D eigenvalue weighted by atomic mass is 16.2. The van der Waals surface area contributed by atoms with E-state index in [0.717, 1.165) is 6.54 Å². The molecule has 9 heavy (non-hydrogen) atoms. The molecular weight excluding hydrogens is 116 g/mol. The van der Waals surface area contributed by atoms with Gasteiger partial charge in [0.15, 0.2) is 0 Å². The Balaban J connectivity index is 2.44. The molecule has 3 heteroatoms. The largest absolute Gasteiger partial charge is 0.345 e. The van der Waals surface area contributed by atoms with Crippen molar-refractivity contribution < 1.29 is 4.79 Å². The monoisotopic (exact) mass is 128 g/mol. The molecule has 1 aliphatic heterocycles. The van der Waals surface area contributed by atoms with Gasteiger partial charge >= 0.3 is 0 Å². The first-order valence-electron chi connectivity index (χ1n) is 3.18. The molecule has 1 atom stereocenters. The molecule has 2 N–H and O–H groups in total. The predicted molar refractivity (Wildman–Crippen MR) is 34.8 cm³/mol. The normalized spacial score (nSPS) is 27.6. The van der Waals surface area contributed by atoms with E-state index in [4.69, 9.17) is 5.73 Å². The summed E-state index contributed by atoms with van der Waals surface area (Å²) in [5, 5.41) is 0. The molecule has 0 aliphatic carbocycles. The Hall–Kier alpha value is -0.570. The van der Waals surface area contributed by atoms with Crippen LogP contribution in [-0.4, -0.2) is 30.9 Å². The van der Waals surface area contributed by atoms with Gasteiger partial charge in [-0.25, -0.2) is 0 Å². The van der Waals surface area contributed by atoms with Crippen LogP contribution in [0.3, 0.4) is 0 Å². The van der Waals surface area contributed by atoms with Gasteiger partial charge in [0.1, 0.15) is 0 Å². The number of nitrogens with zero attached hydrogens (tertiary/aromatic N) is 1. The number of amides is 1. The molecule has 1 aliphatic rings. The molecule has 1 heterocycles. The van der Waals surface area contributed by atoms with E-state index in [-0.39, 0.29) is 5.91 Å². The molecule has 0 unspecified atom stereocenters. The summed E-state index contributed by atoms with van der Waals surface area (Å²) >= 11 is 0. The highest BCUT2D eigenvalue weighted by Crippen LogP contribution is 2.13. The second-order valence-corrected chi connectivity index (χ2v) is 2.58. The van der Waals surface area contributed by atoms with Crippen molar-refractivity contribution in [2.45, 2.75) is 6.42 Å². The lowest BCUT2D eigenvalue weighted by atomic mass is 10.1. The van der Waals surface area contributed by atoms with Crippen LogP contribution in [0.25, 0.3) is 0 Å². The summed E-state index contributed by atoms with van der Waals surface area (Å²) in [6.07, 6.45) is 0.646. The number of nitrogens with two attached hydrogens (primary N) is 1. The molecule has 1 rings (SSSR count). The molecule has 0 saturated carbocycles. The third-order valence-corrected chi connectivity index (χ3v) is 1.75. The fraction of sp³-hybridized carbons (Fsp3) is 0.833. The number of hydrogen-bond donors (Lipinski definition) is 1. The number of likely N-dealkylation sites (tertiary alicyclic amines) is 1. The van der Waals surface area contributed by atoms with Gasteiger partial charge in [0, 0.05) is 20.0 Å². The Morgan fingerprint density at radius 2 is 2.56 bits per heavy atom. The standard InChI is InChI=1S/C6H12N2O/c1-8-4-5(3-7)2-6(8)9/h5H,2-4,7H2,1H3/t5-/m0/s1. The highest BCUT2D eigenvalue weighted by Gasteiger charge is 2.24. The van der Waals surface area contributed by atoms with Crippen molar-refractivity contribution in [2.24, 2.45) is 11.7 Å². The fourth-order valence-electron chi connectivity index (χ4n) is 1.11. The molecule has 0 radical (unpaired) electrons. The van der Waals surface area contributed by atoms with Gasteiger partial charge in [-0.3, -0.25) is 4.79 Å². The van der Waals surface area contributed by atoms with E-state index in [1.807, 2.05) is 7.05 Å². The van der Waals surface area contributed by atoms with Gasteiger partial charge in [0.25, 0.3) is 0 Å². The van der Waals surface area contributed by atoms with E-state index in [1.54, 1.807) is 4.90 Å². The molecule has 0 spiro atoms. The summed E-state index contributed by atoms with van der Waals surface area (Å²) in [4.78, 5) is 12.5. The van der Waals surface area contributed by atoms with E-state index < -0.39 is 0 Å². The minimum Gasteiger partial charge on any atom is -0.345 e. The van der Waals surface area contributed by atoms with Crippen molar-refractivity contribution in [1.82, 2.24) is 4.90 Å². The van der Waals surface area contributed by atoms with E-state index in [0.29, 0.717) is 18.9 Å². The summed E-state index contributed by atoms with van der Waals surface area (Å²) in [6.45, 7) is 1.48. The Morgan fingerprint density at radius 1 is 1.89 bits per heavy atom. The zero-order valence-electron chi connectivity index (χ0n) is 5.63. The summed E-state index contributed by atoms with van der Waals surface area (Å²) in [6, 6.07) is 0. The second kappa shape index (κ2) is 2.35. The summed E-state index contributed by atoms with van der Waals surface area (Å²) in [7, 11) is 1.82. The van der Waals surface area contributed by atoms with Gasteiger partial charge in [-0.15, -0.1) is 0 Å². The van der Waals surface area contributed by atoms with Gasteiger partial charge in [0.05, 0.1) is 0 Å². The maximum atomic E-state index is 10.8. The second-order valence-electron chi connectivity index (χ2n) is 2.58. The van der Waals surface area contributed by atoms with Crippen molar-refractivity contribution in [3.8, 4) is 0 Å². The van der Waals surface area contributed by atoms with Gasteiger partial charge in [-0.1, -0.05) is 0 Å². The van der Waals surface area contributed by atoms with E-state index in [9.17, 15) is 4.79 Å². The minimum absolute atomic E-state index is 0.227. The van der Waals surface area contributed by atoms with Crippen LogP contribution in [0.5, 0.6) is 0 Å². The first-order chi connectivity index (χ1) is 4.24. The molecule has 52 valence electrons. The number of hydrogen-bond acceptors (Lipinski definition) is 2. The van der Waals surface area contributed by atoms with Gasteiger partial charge < -0.3 is 10.6 Å². The summed E-state index contributed by atoms with van der Waals surface area (Å²) in [5.74, 6) is 0.632. The summed E-state index contributed by atoms with van der Waals surface area (Å²) in [5.41, 5.74) is 5.38. The maximum Gasteiger partial charge on any atom is 0.222 e. The predicted octanol–water partition coefficient (Wildman–Crippen LogP) is -0.577. The van der Waals surface area contributed by atoms with E-state index >= 15 is 0 Å². The number of carbonyl (C=O) groups excluding carboxylic acids is 1. The molecule has 1 fully saturated rings. The Morgan fingerprint density at radius 3 is 2.78 bits per heavy atom. The third-order valence-electron chi connectivity index (χ3n) is 1.75. The van der Waals surface area contributed by atoms with Crippen LogP contribution < -0.4 is 5.73 Å². The molecule has 1 saturated heterocycles. The molecule has 0 aromatic rings. The summed E-state index contributed by atoms with van der Waals surface area (Å²) < 4.78 is 0. The zero-order valence-corrected chi connectivity index (χ0v) is 5.63. The smallest absolute Gasteiger partial charge is 0.222 e. The zero-order chi connectivity index (χ0) is 6.85. The first kappa shape index (κ1) is 6.55. The fourth-order valence-corrected chi connectivity index (χ4v) is 1.11. The van der Waals surface area contributed by atoms with Crippen LogP contribution in [0.2, 0.25) is 0 Å². The lowest BCUT2D eigenvalue weighted by Gasteiger charge is -2.06. The Bertz CT molecular complexity index is 124. The molecular formula is C6H12N2O. The van der Waals surface area contributed by atoms with Crippen LogP contribution in [0.15, 0.2) is 0 Å². The van der Waals surface area contributed by atoms with E-state index in [1.165, 1.54) is 0 Å². The Kier molecular flexibility index (Phi) is 1.71. The van der Waals surface area contributed by atoms with Gasteiger partial charge in [-0.2, -0.15) is 0 Å². The van der Waals surface area contributed by atoms with Crippen LogP contribution >= 0.6 is 0 Å². The SMILES string of the molecule is CN1C[C@H](CN)CC1=O. The lowest BCUT2D eigenvalue weighted by Crippen LogP contribution is -2.21. The molecule has 0 bridgehead atoms. The lowest BCUT2D eigenvalue weighted by molar-refractivity contribution is -0.126. The molecule has 1 amide bonds. The third kappa shape index (κ3) is 1.21. The van der Waals surface area contributed by atoms with Crippen molar-refractivity contribution in [2.75, 3.05) is 20.1 Å². The van der Waals surface area contributed by atoms with Crippen molar-refractivity contribution in [1.29, 1.82) is 0 Å². The van der Waals surface area contributed by atoms with Gasteiger partial charge in [0.2, 0.25) is 5.91 Å². The van der Waals surface area contributed by atoms with Crippen LogP contribution in [-0.2, 0) is 4.79 Å². The number of rotatable bonds is 1. The van der Waals surface area contributed by atoms with Crippen LogP contribution in [0.4, 0.5) is 0 Å². The topological polar surface area (TPSA) is 46.3 Å². The van der Waals surface area contributed by atoms with Crippen LogP contribution in [0.1, 0.15) is 6.42 Å². The maximum absolute atomic E-state index is 10.8. The quantitative estimate of drug-likeness (QED) is 0.513.